The highest BCUT2D eigenvalue weighted by Gasteiger charge is 2.33. The summed E-state index contributed by atoms with van der Waals surface area (Å²) in [5.74, 6) is -0.235. The topological polar surface area (TPSA) is 101 Å². The number of benzene rings is 1. The van der Waals surface area contributed by atoms with Crippen molar-refractivity contribution in [3.63, 3.8) is 0 Å². The van der Waals surface area contributed by atoms with E-state index in [2.05, 4.69) is 0 Å². The van der Waals surface area contributed by atoms with E-state index < -0.39 is 0 Å². The Morgan fingerprint density at radius 3 is 2.54 bits per heavy atom. The number of amides is 2. The Kier molecular flexibility index (Phi) is 6.40. The summed E-state index contributed by atoms with van der Waals surface area (Å²) < 4.78 is 1.92. The lowest BCUT2D eigenvalue weighted by molar-refractivity contribution is -0.123. The van der Waals surface area contributed by atoms with Crippen molar-refractivity contribution < 1.29 is 9.59 Å². The number of rotatable bonds is 5. The molecule has 178 valence electrons. The fraction of sp³-hybridized carbons (Fsp3) is 0.240. The molecule has 2 aromatic heterocycles. The van der Waals surface area contributed by atoms with Crippen LogP contribution in [0, 0.1) is 5.92 Å². The van der Waals surface area contributed by atoms with E-state index in [-0.39, 0.29) is 23.3 Å². The van der Waals surface area contributed by atoms with Crippen LogP contribution in [0.1, 0.15) is 24.0 Å². The normalized spacial score (nSPS) is 18.1. The third-order valence-corrected chi connectivity index (χ3v) is 7.66. The van der Waals surface area contributed by atoms with Gasteiger partial charge in [0.2, 0.25) is 5.91 Å². The zero-order valence-corrected chi connectivity index (χ0v) is 20.4. The first-order chi connectivity index (χ1) is 16.9. The zero-order chi connectivity index (χ0) is 24.5. The number of hydrogen-bond donors (Lipinski definition) is 1. The van der Waals surface area contributed by atoms with Crippen molar-refractivity contribution in [2.75, 3.05) is 18.0 Å². The molecule has 0 unspecified atom stereocenters. The van der Waals surface area contributed by atoms with Crippen molar-refractivity contribution in [2.45, 2.75) is 19.4 Å². The van der Waals surface area contributed by atoms with Crippen LogP contribution in [0.5, 0.6) is 0 Å². The monoisotopic (exact) mass is 505 g/mol. The van der Waals surface area contributed by atoms with Crippen LogP contribution in [-0.2, 0) is 16.1 Å². The Labute approximate surface area is 211 Å². The second-order valence-corrected chi connectivity index (χ2v) is 10.2. The second-order valence-electron chi connectivity index (χ2n) is 8.50. The molecule has 2 aliphatic heterocycles. The van der Waals surface area contributed by atoms with Gasteiger partial charge in [-0.1, -0.05) is 60.4 Å². The van der Waals surface area contributed by atoms with E-state index in [4.69, 9.17) is 22.9 Å². The predicted octanol–water partition coefficient (Wildman–Crippen LogP) is 2.80. The van der Waals surface area contributed by atoms with Gasteiger partial charge in [-0.15, -0.1) is 0 Å². The summed E-state index contributed by atoms with van der Waals surface area (Å²) in [6.07, 6.45) is 4.44. The number of piperidine rings is 1. The molecule has 4 heterocycles. The van der Waals surface area contributed by atoms with Gasteiger partial charge in [0.1, 0.15) is 15.8 Å². The molecule has 2 amide bonds. The van der Waals surface area contributed by atoms with Crippen molar-refractivity contribution in [3.8, 4) is 0 Å². The predicted molar refractivity (Wildman–Crippen MR) is 141 cm³/mol. The molecule has 0 aliphatic carbocycles. The van der Waals surface area contributed by atoms with E-state index in [9.17, 15) is 14.4 Å². The molecule has 2 fully saturated rings. The molecule has 8 nitrogen and oxygen atoms in total. The average Bonchev–Trinajstić information content (AvgIpc) is 3.13. The van der Waals surface area contributed by atoms with E-state index >= 15 is 0 Å². The van der Waals surface area contributed by atoms with E-state index in [1.807, 2.05) is 41.3 Å². The van der Waals surface area contributed by atoms with Crippen LogP contribution < -0.4 is 16.2 Å². The number of nitrogens with two attached hydrogens (primary N) is 1. The molecule has 0 bridgehead atoms. The van der Waals surface area contributed by atoms with Crippen LogP contribution in [0.4, 0.5) is 5.82 Å². The first-order valence-electron chi connectivity index (χ1n) is 11.3. The fourth-order valence-corrected chi connectivity index (χ4v) is 5.60. The quantitative estimate of drug-likeness (QED) is 0.420. The maximum atomic E-state index is 13.5. The summed E-state index contributed by atoms with van der Waals surface area (Å²) >= 11 is 6.67. The van der Waals surface area contributed by atoms with Crippen LogP contribution in [-0.4, -0.2) is 43.5 Å². The average molecular weight is 506 g/mol. The van der Waals surface area contributed by atoms with Crippen molar-refractivity contribution in [2.24, 2.45) is 11.7 Å². The lowest BCUT2D eigenvalue weighted by atomic mass is 9.96. The lowest BCUT2D eigenvalue weighted by Gasteiger charge is -2.32. The van der Waals surface area contributed by atoms with Crippen molar-refractivity contribution in [1.82, 2.24) is 14.3 Å². The molecule has 35 heavy (non-hydrogen) atoms. The molecule has 5 rings (SSSR count). The van der Waals surface area contributed by atoms with Gasteiger partial charge >= 0.3 is 0 Å². The Balaban J connectivity index is 1.53. The van der Waals surface area contributed by atoms with Gasteiger partial charge in [0.05, 0.1) is 17.0 Å². The molecule has 2 aliphatic rings. The number of thioether (sulfide) groups is 1. The van der Waals surface area contributed by atoms with E-state index in [0.29, 0.717) is 58.7 Å². The Bertz CT molecular complexity index is 1410. The molecule has 1 aromatic carbocycles. The highest BCUT2D eigenvalue weighted by atomic mass is 32.2. The Morgan fingerprint density at radius 1 is 1.11 bits per heavy atom. The number of nitrogens with zero attached hydrogens (tertiary/aromatic N) is 4. The summed E-state index contributed by atoms with van der Waals surface area (Å²) in [6.45, 7) is 1.45. The SMILES string of the molecule is NC(=O)C1CCN(c2nc3ccccn3c(=O)c2/C=C2\SC(=S)N(Cc3ccccc3)C2=O)CC1. The van der Waals surface area contributed by atoms with Gasteiger partial charge in [-0.25, -0.2) is 4.98 Å². The summed E-state index contributed by atoms with van der Waals surface area (Å²) in [4.78, 5) is 47.1. The molecular weight excluding hydrogens is 482 g/mol. The number of carbonyl (C=O) groups excluding carboxylic acids is 2. The number of anilines is 1. The summed E-state index contributed by atoms with van der Waals surface area (Å²) in [6, 6.07) is 15.0. The van der Waals surface area contributed by atoms with Gasteiger partial charge in [-0.05, 0) is 36.6 Å². The van der Waals surface area contributed by atoms with E-state index in [1.165, 1.54) is 16.2 Å². The highest BCUT2D eigenvalue weighted by molar-refractivity contribution is 8.26. The van der Waals surface area contributed by atoms with Crippen molar-refractivity contribution in [1.29, 1.82) is 0 Å². The highest BCUT2D eigenvalue weighted by Crippen LogP contribution is 2.35. The molecule has 10 heteroatoms. The number of carbonyl (C=O) groups is 2. The molecule has 0 saturated carbocycles. The van der Waals surface area contributed by atoms with Gasteiger partial charge in [-0.2, -0.15) is 0 Å². The van der Waals surface area contributed by atoms with E-state index in [1.54, 1.807) is 29.3 Å². The number of hydrogen-bond acceptors (Lipinski definition) is 7. The molecule has 2 saturated heterocycles. The minimum atomic E-state index is -0.307. The zero-order valence-electron chi connectivity index (χ0n) is 18.8. The maximum Gasteiger partial charge on any atom is 0.267 e. The first kappa shape index (κ1) is 23.3. The van der Waals surface area contributed by atoms with Crippen LogP contribution in [0.15, 0.2) is 64.4 Å². The molecule has 0 atom stereocenters. The van der Waals surface area contributed by atoms with Gasteiger partial charge in [0.15, 0.2) is 0 Å². The minimum Gasteiger partial charge on any atom is -0.369 e. The van der Waals surface area contributed by atoms with Crippen LogP contribution in [0.25, 0.3) is 11.7 Å². The second kappa shape index (κ2) is 9.63. The molecular formula is C25H23N5O3S2. The van der Waals surface area contributed by atoms with Crippen molar-refractivity contribution >= 4 is 57.7 Å². The third-order valence-electron chi connectivity index (χ3n) is 6.28. The number of primary amides is 1. The summed E-state index contributed by atoms with van der Waals surface area (Å²) in [5.41, 5.74) is 7.03. The maximum absolute atomic E-state index is 13.5. The van der Waals surface area contributed by atoms with Crippen LogP contribution in [0.2, 0.25) is 0 Å². The lowest BCUT2D eigenvalue weighted by Crippen LogP contribution is -2.40. The number of aromatic nitrogens is 2. The van der Waals surface area contributed by atoms with E-state index in [0.717, 1.165) is 5.56 Å². The molecule has 3 aromatic rings. The first-order valence-corrected chi connectivity index (χ1v) is 12.5. The Morgan fingerprint density at radius 2 is 1.83 bits per heavy atom. The standard InChI is InChI=1S/C25H23N5O3S2/c26-21(31)17-9-12-28(13-10-17)22-18(23(32)29-11-5-4-8-20(29)27-22)14-19-24(33)30(25(34)35-19)15-16-6-2-1-3-7-16/h1-8,11,14,17H,9-10,12-13,15H2,(H2,26,31)/b19-14-. The van der Waals surface area contributed by atoms with Gasteiger partial charge in [0, 0.05) is 25.2 Å². The van der Waals surface area contributed by atoms with Gasteiger partial charge in [0.25, 0.3) is 11.5 Å². The third kappa shape index (κ3) is 4.59. The molecule has 0 radical (unpaired) electrons. The summed E-state index contributed by atoms with van der Waals surface area (Å²) in [7, 11) is 0. The fourth-order valence-electron chi connectivity index (χ4n) is 4.37. The smallest absolute Gasteiger partial charge is 0.267 e. The van der Waals surface area contributed by atoms with Crippen molar-refractivity contribution in [3.05, 3.63) is 81.1 Å². The summed E-state index contributed by atoms with van der Waals surface area (Å²) in [5, 5.41) is 0. The van der Waals surface area contributed by atoms with Gasteiger partial charge in [-0.3, -0.25) is 23.7 Å². The number of pyridine rings is 1. The van der Waals surface area contributed by atoms with Gasteiger partial charge < -0.3 is 10.6 Å². The minimum absolute atomic E-state index is 0.189. The molecule has 0 spiro atoms. The Hall–Kier alpha value is -3.50. The number of thiocarbonyl (C=S) groups is 1. The van der Waals surface area contributed by atoms with Crippen LogP contribution >= 0.6 is 24.0 Å². The largest absolute Gasteiger partial charge is 0.369 e. The molecule has 2 N–H and O–H groups in total. The number of fused-ring (bicyclic) bond motifs is 1. The van der Waals surface area contributed by atoms with Crippen LogP contribution in [0.3, 0.4) is 0 Å².